The summed E-state index contributed by atoms with van der Waals surface area (Å²) in [5.41, 5.74) is 0.498. The van der Waals surface area contributed by atoms with E-state index in [4.69, 9.17) is 9.47 Å². The van der Waals surface area contributed by atoms with Crippen LogP contribution in [-0.2, 0) is 0 Å². The van der Waals surface area contributed by atoms with E-state index >= 15 is 0 Å². The third-order valence-corrected chi connectivity index (χ3v) is 4.35. The lowest BCUT2D eigenvalue weighted by Crippen LogP contribution is -2.41. The minimum Gasteiger partial charge on any atom is -0.493 e. The van der Waals surface area contributed by atoms with Crippen LogP contribution in [0.25, 0.3) is 0 Å². The molecule has 0 saturated carbocycles. The first-order chi connectivity index (χ1) is 10.4. The highest BCUT2D eigenvalue weighted by Gasteiger charge is 2.19. The SMILES string of the molecule is COc1cc(C(=O)N[C@@H](C)[C@H](CO)SC)ccc1OC(C)C. The van der Waals surface area contributed by atoms with Crippen LogP contribution in [0.2, 0.25) is 0 Å². The Labute approximate surface area is 136 Å². The van der Waals surface area contributed by atoms with Crippen molar-refractivity contribution in [1.82, 2.24) is 5.32 Å². The van der Waals surface area contributed by atoms with Crippen LogP contribution in [0.1, 0.15) is 31.1 Å². The summed E-state index contributed by atoms with van der Waals surface area (Å²) in [7, 11) is 1.54. The fraction of sp³-hybridized carbons (Fsp3) is 0.562. The molecule has 0 aliphatic rings. The first kappa shape index (κ1) is 18.6. The van der Waals surface area contributed by atoms with E-state index in [1.807, 2.05) is 27.0 Å². The third kappa shape index (κ3) is 5.10. The van der Waals surface area contributed by atoms with Crippen molar-refractivity contribution in [2.24, 2.45) is 0 Å². The first-order valence-corrected chi connectivity index (χ1v) is 8.50. The second kappa shape index (κ2) is 8.90. The Bertz CT molecular complexity index is 489. The van der Waals surface area contributed by atoms with Gasteiger partial charge in [0.05, 0.1) is 19.8 Å². The Balaban J connectivity index is 2.86. The second-order valence-corrected chi connectivity index (χ2v) is 6.33. The van der Waals surface area contributed by atoms with E-state index in [-0.39, 0.29) is 29.9 Å². The monoisotopic (exact) mass is 327 g/mol. The summed E-state index contributed by atoms with van der Waals surface area (Å²) < 4.78 is 10.9. The molecule has 0 radical (unpaired) electrons. The van der Waals surface area contributed by atoms with Gasteiger partial charge in [-0.05, 0) is 45.2 Å². The molecule has 0 heterocycles. The summed E-state index contributed by atoms with van der Waals surface area (Å²) in [6.07, 6.45) is 1.94. The maximum absolute atomic E-state index is 12.3. The van der Waals surface area contributed by atoms with Gasteiger partial charge in [-0.15, -0.1) is 0 Å². The van der Waals surface area contributed by atoms with Gasteiger partial charge in [0.1, 0.15) is 0 Å². The Kier molecular flexibility index (Phi) is 7.55. The lowest BCUT2D eigenvalue weighted by Gasteiger charge is -2.21. The van der Waals surface area contributed by atoms with Gasteiger partial charge >= 0.3 is 0 Å². The highest BCUT2D eigenvalue weighted by Crippen LogP contribution is 2.29. The molecule has 0 aromatic heterocycles. The zero-order valence-corrected chi connectivity index (χ0v) is 14.6. The second-order valence-electron chi connectivity index (χ2n) is 5.25. The fourth-order valence-electron chi connectivity index (χ4n) is 1.98. The molecular formula is C16H25NO4S. The van der Waals surface area contributed by atoms with Gasteiger partial charge in [0.2, 0.25) is 0 Å². The molecule has 0 unspecified atom stereocenters. The summed E-state index contributed by atoms with van der Waals surface area (Å²) >= 11 is 1.52. The highest BCUT2D eigenvalue weighted by atomic mass is 32.2. The van der Waals surface area contributed by atoms with Crippen LogP contribution < -0.4 is 14.8 Å². The largest absolute Gasteiger partial charge is 0.493 e. The van der Waals surface area contributed by atoms with E-state index in [9.17, 15) is 9.90 Å². The predicted octanol–water partition coefficient (Wildman–Crippen LogP) is 2.32. The van der Waals surface area contributed by atoms with Crippen LogP contribution in [0.15, 0.2) is 18.2 Å². The van der Waals surface area contributed by atoms with Crippen molar-refractivity contribution >= 4 is 17.7 Å². The zero-order chi connectivity index (χ0) is 16.7. The van der Waals surface area contributed by atoms with Crippen molar-refractivity contribution < 1.29 is 19.4 Å². The van der Waals surface area contributed by atoms with Crippen molar-refractivity contribution in [2.75, 3.05) is 20.0 Å². The average molecular weight is 327 g/mol. The number of aliphatic hydroxyl groups is 1. The first-order valence-electron chi connectivity index (χ1n) is 7.22. The van der Waals surface area contributed by atoms with Crippen LogP contribution in [0, 0.1) is 0 Å². The molecule has 0 aliphatic carbocycles. The summed E-state index contributed by atoms with van der Waals surface area (Å²) in [4.78, 5) is 12.3. The van der Waals surface area contributed by atoms with E-state index in [0.29, 0.717) is 17.1 Å². The van der Waals surface area contributed by atoms with Crippen molar-refractivity contribution in [3.63, 3.8) is 0 Å². The van der Waals surface area contributed by atoms with E-state index in [0.717, 1.165) is 0 Å². The molecule has 0 spiro atoms. The molecule has 2 N–H and O–H groups in total. The molecule has 5 nitrogen and oxygen atoms in total. The van der Waals surface area contributed by atoms with Gasteiger partial charge in [0, 0.05) is 16.9 Å². The Morgan fingerprint density at radius 2 is 2.00 bits per heavy atom. The number of thioether (sulfide) groups is 1. The molecule has 1 aromatic carbocycles. The summed E-state index contributed by atoms with van der Waals surface area (Å²) in [6, 6.07) is 4.96. The molecule has 0 bridgehead atoms. The van der Waals surface area contributed by atoms with Crippen molar-refractivity contribution in [2.45, 2.75) is 38.2 Å². The number of methoxy groups -OCH3 is 1. The van der Waals surface area contributed by atoms with Gasteiger partial charge in [-0.25, -0.2) is 0 Å². The topological polar surface area (TPSA) is 67.8 Å². The van der Waals surface area contributed by atoms with Crippen molar-refractivity contribution in [3.8, 4) is 11.5 Å². The van der Waals surface area contributed by atoms with Crippen LogP contribution in [0.4, 0.5) is 0 Å². The van der Waals surface area contributed by atoms with Crippen LogP contribution >= 0.6 is 11.8 Å². The van der Waals surface area contributed by atoms with Gasteiger partial charge in [-0.1, -0.05) is 0 Å². The maximum atomic E-state index is 12.3. The van der Waals surface area contributed by atoms with Gasteiger partial charge < -0.3 is 19.9 Å². The van der Waals surface area contributed by atoms with Gasteiger partial charge in [0.15, 0.2) is 11.5 Å². The minimum atomic E-state index is -0.200. The molecule has 0 aliphatic heterocycles. The molecule has 1 amide bonds. The molecule has 1 aromatic rings. The predicted molar refractivity (Wildman–Crippen MR) is 90.1 cm³/mol. The molecule has 6 heteroatoms. The number of ether oxygens (including phenoxy) is 2. The minimum absolute atomic E-state index is 0.0209. The van der Waals surface area contributed by atoms with Crippen LogP contribution in [0.3, 0.4) is 0 Å². The number of hydrogen-bond donors (Lipinski definition) is 2. The molecule has 1 rings (SSSR count). The van der Waals surface area contributed by atoms with E-state index in [1.54, 1.807) is 25.3 Å². The molecule has 124 valence electrons. The maximum Gasteiger partial charge on any atom is 0.251 e. The van der Waals surface area contributed by atoms with Gasteiger partial charge in [-0.3, -0.25) is 4.79 Å². The number of benzene rings is 1. The van der Waals surface area contributed by atoms with E-state index in [2.05, 4.69) is 5.32 Å². The van der Waals surface area contributed by atoms with Crippen molar-refractivity contribution in [3.05, 3.63) is 23.8 Å². The van der Waals surface area contributed by atoms with Crippen LogP contribution in [0.5, 0.6) is 11.5 Å². The number of nitrogens with one attached hydrogen (secondary N) is 1. The number of carbonyl (C=O) groups is 1. The Morgan fingerprint density at radius 1 is 1.32 bits per heavy atom. The molecule has 0 saturated heterocycles. The average Bonchev–Trinajstić information content (AvgIpc) is 2.48. The highest BCUT2D eigenvalue weighted by molar-refractivity contribution is 7.99. The number of hydrogen-bond acceptors (Lipinski definition) is 5. The molecule has 22 heavy (non-hydrogen) atoms. The zero-order valence-electron chi connectivity index (χ0n) is 13.8. The van der Waals surface area contributed by atoms with E-state index in [1.165, 1.54) is 11.8 Å². The van der Waals surface area contributed by atoms with E-state index < -0.39 is 0 Å². The fourth-order valence-corrected chi connectivity index (χ4v) is 2.61. The smallest absolute Gasteiger partial charge is 0.251 e. The van der Waals surface area contributed by atoms with Crippen LogP contribution in [-0.4, -0.2) is 48.4 Å². The normalized spacial score (nSPS) is 13.6. The lowest BCUT2D eigenvalue weighted by molar-refractivity contribution is 0.0935. The standard InChI is InChI=1S/C16H25NO4S/c1-10(2)21-13-7-6-12(8-14(13)20-4)16(19)17-11(3)15(9-18)22-5/h6-8,10-11,15,18H,9H2,1-5H3,(H,17,19)/t11-,15-/m0/s1. The molecular weight excluding hydrogens is 302 g/mol. The summed E-state index contributed by atoms with van der Waals surface area (Å²) in [5, 5.41) is 12.1. The Morgan fingerprint density at radius 3 is 2.50 bits per heavy atom. The Hall–Kier alpha value is -1.40. The number of rotatable bonds is 8. The molecule has 2 atom stereocenters. The number of carbonyl (C=O) groups excluding carboxylic acids is 1. The quantitative estimate of drug-likeness (QED) is 0.767. The summed E-state index contributed by atoms with van der Waals surface area (Å²) in [6.45, 7) is 5.76. The number of amides is 1. The van der Waals surface area contributed by atoms with Gasteiger partial charge in [0.25, 0.3) is 5.91 Å². The summed E-state index contributed by atoms with van der Waals surface area (Å²) in [5.74, 6) is 0.937. The lowest BCUT2D eigenvalue weighted by atomic mass is 10.1. The third-order valence-electron chi connectivity index (χ3n) is 3.19. The van der Waals surface area contributed by atoms with Gasteiger partial charge in [-0.2, -0.15) is 11.8 Å². The molecule has 0 fully saturated rings. The number of aliphatic hydroxyl groups excluding tert-OH is 1. The van der Waals surface area contributed by atoms with Crippen molar-refractivity contribution in [1.29, 1.82) is 0 Å².